The fourth-order valence-electron chi connectivity index (χ4n) is 1.04. The van der Waals surface area contributed by atoms with Gasteiger partial charge in [-0.05, 0) is 29.0 Å². The zero-order chi connectivity index (χ0) is 10.4. The highest BCUT2D eigenvalue weighted by molar-refractivity contribution is 14.1. The molecule has 0 aliphatic carbocycles. The van der Waals surface area contributed by atoms with Gasteiger partial charge in [0.15, 0.2) is 0 Å². The molecule has 0 aromatic rings. The summed E-state index contributed by atoms with van der Waals surface area (Å²) in [6, 6.07) is 0. The van der Waals surface area contributed by atoms with Crippen molar-refractivity contribution in [2.45, 2.75) is 13.3 Å². The molecular formula is C8H13IN2O2. The summed E-state index contributed by atoms with van der Waals surface area (Å²) < 4.78 is 0.731. The number of rotatable bonds is 5. The van der Waals surface area contributed by atoms with Crippen LogP contribution in [0.4, 0.5) is 0 Å². The van der Waals surface area contributed by atoms with E-state index in [0.717, 1.165) is 8.64 Å². The van der Waals surface area contributed by atoms with Crippen molar-refractivity contribution >= 4 is 22.6 Å². The van der Waals surface area contributed by atoms with Gasteiger partial charge >= 0.3 is 0 Å². The number of hydrogen-bond donors (Lipinski definition) is 1. The monoisotopic (exact) mass is 296 g/mol. The van der Waals surface area contributed by atoms with Gasteiger partial charge in [-0.1, -0.05) is 18.7 Å². The van der Waals surface area contributed by atoms with E-state index in [0.29, 0.717) is 17.7 Å². The molecule has 74 valence electrons. The lowest BCUT2D eigenvalue weighted by atomic mass is 10.1. The topological polar surface area (TPSA) is 52.9 Å². The Bertz CT molecular complexity index is 236. The average Bonchev–Trinajstić information content (AvgIpc) is 2.03. The van der Waals surface area contributed by atoms with Crippen molar-refractivity contribution in [2.24, 2.45) is 5.18 Å². The van der Waals surface area contributed by atoms with Crippen LogP contribution in [0.2, 0.25) is 0 Å². The van der Waals surface area contributed by atoms with Crippen molar-refractivity contribution in [3.63, 3.8) is 0 Å². The van der Waals surface area contributed by atoms with Crippen molar-refractivity contribution in [1.82, 2.24) is 5.06 Å². The second kappa shape index (κ2) is 6.09. The first-order chi connectivity index (χ1) is 6.04. The van der Waals surface area contributed by atoms with Crippen molar-refractivity contribution in [2.75, 3.05) is 13.6 Å². The summed E-state index contributed by atoms with van der Waals surface area (Å²) in [5.41, 5.74) is 1.38. The minimum absolute atomic E-state index is 0.0514. The molecule has 0 atom stereocenters. The predicted molar refractivity (Wildman–Crippen MR) is 60.7 cm³/mol. The van der Waals surface area contributed by atoms with E-state index in [-0.39, 0.29) is 6.54 Å². The lowest BCUT2D eigenvalue weighted by Gasteiger charge is -2.17. The SMILES string of the molecule is C=C(I)/C(CN=O)=C(/CC)N(C)O. The molecular weight excluding hydrogens is 283 g/mol. The van der Waals surface area contributed by atoms with Gasteiger partial charge in [0.05, 0.1) is 0 Å². The average molecular weight is 296 g/mol. The summed E-state index contributed by atoms with van der Waals surface area (Å²) in [7, 11) is 1.52. The molecule has 13 heavy (non-hydrogen) atoms. The van der Waals surface area contributed by atoms with Gasteiger partial charge in [0, 0.05) is 21.9 Å². The molecule has 0 aliphatic rings. The third-order valence-electron chi connectivity index (χ3n) is 1.62. The van der Waals surface area contributed by atoms with Crippen LogP contribution in [-0.2, 0) is 0 Å². The number of nitroso groups, excluding NO2 is 1. The summed E-state index contributed by atoms with van der Waals surface area (Å²) in [6.07, 6.45) is 0.639. The largest absolute Gasteiger partial charge is 0.289 e. The van der Waals surface area contributed by atoms with E-state index in [9.17, 15) is 10.1 Å². The number of hydroxylamine groups is 2. The number of hydrogen-bond acceptors (Lipinski definition) is 4. The zero-order valence-corrected chi connectivity index (χ0v) is 9.91. The van der Waals surface area contributed by atoms with E-state index >= 15 is 0 Å². The maximum Gasteiger partial charge on any atom is 0.109 e. The molecule has 4 nitrogen and oxygen atoms in total. The molecule has 0 aromatic carbocycles. The Morgan fingerprint density at radius 1 is 1.69 bits per heavy atom. The maximum absolute atomic E-state index is 10.1. The molecule has 0 fully saturated rings. The molecule has 0 unspecified atom stereocenters. The van der Waals surface area contributed by atoms with Crippen LogP contribution in [0.25, 0.3) is 0 Å². The van der Waals surface area contributed by atoms with Gasteiger partial charge < -0.3 is 0 Å². The number of halogens is 1. The van der Waals surface area contributed by atoms with Crippen LogP contribution in [-0.4, -0.2) is 23.9 Å². The van der Waals surface area contributed by atoms with Crippen LogP contribution >= 0.6 is 22.6 Å². The van der Waals surface area contributed by atoms with Crippen molar-refractivity contribution in [3.8, 4) is 0 Å². The van der Waals surface area contributed by atoms with E-state index in [1.54, 1.807) is 0 Å². The van der Waals surface area contributed by atoms with Gasteiger partial charge in [-0.2, -0.15) is 4.91 Å². The first kappa shape index (κ1) is 12.6. The van der Waals surface area contributed by atoms with Crippen LogP contribution in [0, 0.1) is 4.91 Å². The molecule has 0 bridgehead atoms. The van der Waals surface area contributed by atoms with Crippen LogP contribution < -0.4 is 0 Å². The molecule has 0 aliphatic heterocycles. The van der Waals surface area contributed by atoms with Gasteiger partial charge in [0.25, 0.3) is 0 Å². The fraction of sp³-hybridized carbons (Fsp3) is 0.500. The van der Waals surface area contributed by atoms with Crippen LogP contribution in [0.3, 0.4) is 0 Å². The summed E-state index contributed by atoms with van der Waals surface area (Å²) in [5, 5.41) is 13.0. The Labute approximate surface area is 91.4 Å². The van der Waals surface area contributed by atoms with E-state index in [1.807, 2.05) is 29.5 Å². The predicted octanol–water partition coefficient (Wildman–Crippen LogP) is 2.69. The first-order valence-electron chi connectivity index (χ1n) is 3.83. The molecule has 0 amide bonds. The smallest absolute Gasteiger partial charge is 0.109 e. The van der Waals surface area contributed by atoms with Crippen LogP contribution in [0.1, 0.15) is 13.3 Å². The number of nitrogens with zero attached hydrogens (tertiary/aromatic N) is 2. The Morgan fingerprint density at radius 3 is 2.46 bits per heavy atom. The standard InChI is InChI=1S/C8H13IN2O2/c1-4-8(11(3)13)7(5-10-12)6(2)9/h13H,2,4-5H2,1,3H3/b8-7-. The highest BCUT2D eigenvalue weighted by Crippen LogP contribution is 2.22. The van der Waals surface area contributed by atoms with Gasteiger partial charge in [0.2, 0.25) is 0 Å². The fourth-order valence-corrected chi connectivity index (χ4v) is 1.52. The molecule has 0 spiro atoms. The molecule has 5 heteroatoms. The van der Waals surface area contributed by atoms with Crippen molar-refractivity contribution in [1.29, 1.82) is 0 Å². The maximum atomic E-state index is 10.1. The molecule has 0 rings (SSSR count). The minimum Gasteiger partial charge on any atom is -0.289 e. The molecule has 0 saturated carbocycles. The normalized spacial score (nSPS) is 12.0. The minimum atomic E-state index is 0.0514. The molecule has 0 aromatic heterocycles. The van der Waals surface area contributed by atoms with E-state index in [4.69, 9.17) is 0 Å². The summed E-state index contributed by atoms with van der Waals surface area (Å²) in [5.74, 6) is 0. The molecule has 0 radical (unpaired) electrons. The second-order valence-corrected chi connectivity index (χ2v) is 3.80. The van der Waals surface area contributed by atoms with E-state index in [1.165, 1.54) is 7.05 Å². The Morgan fingerprint density at radius 2 is 2.23 bits per heavy atom. The lowest BCUT2D eigenvalue weighted by molar-refractivity contribution is -0.0318. The molecule has 0 heterocycles. The van der Waals surface area contributed by atoms with E-state index < -0.39 is 0 Å². The quantitative estimate of drug-likeness (QED) is 0.367. The van der Waals surface area contributed by atoms with Crippen molar-refractivity contribution < 1.29 is 5.21 Å². The molecule has 0 saturated heterocycles. The van der Waals surface area contributed by atoms with Gasteiger partial charge in [0.1, 0.15) is 6.54 Å². The summed E-state index contributed by atoms with van der Waals surface area (Å²) in [6.45, 7) is 5.66. The second-order valence-electron chi connectivity index (χ2n) is 2.49. The Hall–Kier alpha value is -0.430. The highest BCUT2D eigenvalue weighted by atomic mass is 127. The molecule has 1 N–H and O–H groups in total. The van der Waals surface area contributed by atoms with E-state index in [2.05, 4.69) is 11.8 Å². The van der Waals surface area contributed by atoms with Crippen molar-refractivity contribution in [3.05, 3.63) is 26.3 Å². The van der Waals surface area contributed by atoms with Gasteiger partial charge in [-0.3, -0.25) is 10.3 Å². The third-order valence-corrected chi connectivity index (χ3v) is 2.28. The van der Waals surface area contributed by atoms with Gasteiger partial charge in [-0.25, -0.2) is 0 Å². The Kier molecular flexibility index (Phi) is 5.89. The first-order valence-corrected chi connectivity index (χ1v) is 4.91. The Balaban J connectivity index is 4.99. The summed E-state index contributed by atoms with van der Waals surface area (Å²) >= 11 is 2.01. The van der Waals surface area contributed by atoms with Crippen LogP contribution in [0.5, 0.6) is 0 Å². The lowest BCUT2D eigenvalue weighted by Crippen LogP contribution is -2.15. The number of allylic oxidation sites excluding steroid dienone is 1. The highest BCUT2D eigenvalue weighted by Gasteiger charge is 2.10. The van der Waals surface area contributed by atoms with Crippen LogP contribution in [0.15, 0.2) is 26.6 Å². The third kappa shape index (κ3) is 3.86. The van der Waals surface area contributed by atoms with Gasteiger partial charge in [-0.15, -0.1) is 0 Å². The zero-order valence-electron chi connectivity index (χ0n) is 7.75. The summed E-state index contributed by atoms with van der Waals surface area (Å²) in [4.78, 5) is 10.1.